The Balaban J connectivity index is 0. The van der Waals surface area contributed by atoms with Gasteiger partial charge < -0.3 is 10.8 Å². The van der Waals surface area contributed by atoms with E-state index in [0.29, 0.717) is 6.92 Å². The van der Waals surface area contributed by atoms with Gasteiger partial charge >= 0.3 is 12.1 Å². The first-order valence-corrected chi connectivity index (χ1v) is 2.28. The van der Waals surface area contributed by atoms with Gasteiger partial charge in [0.2, 0.25) is 5.54 Å². The number of carboxylic acids is 1. The molecule has 3 nitrogen and oxygen atoms in total. The van der Waals surface area contributed by atoms with Gasteiger partial charge in [-0.05, 0) is 6.92 Å². The summed E-state index contributed by atoms with van der Waals surface area (Å²) >= 11 is 0. The number of rotatable bonds is 1. The van der Waals surface area contributed by atoms with Crippen molar-refractivity contribution in [1.29, 1.82) is 0 Å². The van der Waals surface area contributed by atoms with E-state index in [1.165, 1.54) is 0 Å². The zero-order chi connectivity index (χ0) is 8.58. The van der Waals surface area contributed by atoms with Crippen molar-refractivity contribution in [2.75, 3.05) is 0 Å². The Morgan fingerprint density at radius 2 is 1.73 bits per heavy atom. The highest BCUT2D eigenvalue weighted by atomic mass is 35.5. The van der Waals surface area contributed by atoms with Crippen molar-refractivity contribution in [3.8, 4) is 0 Å². The Labute approximate surface area is 66.8 Å². The van der Waals surface area contributed by atoms with E-state index in [1.54, 1.807) is 0 Å². The first-order chi connectivity index (χ1) is 4.19. The average molecular weight is 194 g/mol. The Morgan fingerprint density at radius 1 is 1.45 bits per heavy atom. The molecule has 0 saturated heterocycles. The summed E-state index contributed by atoms with van der Waals surface area (Å²) < 4.78 is 34.7. The van der Waals surface area contributed by atoms with Crippen LogP contribution in [0.3, 0.4) is 0 Å². The van der Waals surface area contributed by atoms with Gasteiger partial charge in [0.1, 0.15) is 0 Å². The summed E-state index contributed by atoms with van der Waals surface area (Å²) in [5.41, 5.74) is 1.27. The Kier molecular flexibility index (Phi) is 3.90. The number of aliphatic carboxylic acids is 1. The van der Waals surface area contributed by atoms with Gasteiger partial charge in [0, 0.05) is 0 Å². The van der Waals surface area contributed by atoms with Crippen LogP contribution in [-0.2, 0) is 4.79 Å². The van der Waals surface area contributed by atoms with Crippen molar-refractivity contribution in [2.24, 2.45) is 5.73 Å². The monoisotopic (exact) mass is 193 g/mol. The van der Waals surface area contributed by atoms with Gasteiger partial charge in [-0.3, -0.25) is 0 Å². The van der Waals surface area contributed by atoms with Gasteiger partial charge in [0.05, 0.1) is 0 Å². The lowest BCUT2D eigenvalue weighted by Gasteiger charge is -2.21. The zero-order valence-electron chi connectivity index (χ0n) is 5.47. The molecule has 68 valence electrons. The second-order valence-electron chi connectivity index (χ2n) is 2.01. The molecule has 0 saturated carbocycles. The van der Waals surface area contributed by atoms with Crippen LogP contribution in [0.5, 0.6) is 0 Å². The minimum atomic E-state index is -4.90. The van der Waals surface area contributed by atoms with Crippen LogP contribution in [0, 0.1) is 0 Å². The first-order valence-electron chi connectivity index (χ1n) is 2.28. The van der Waals surface area contributed by atoms with Crippen LogP contribution >= 0.6 is 12.4 Å². The van der Waals surface area contributed by atoms with Crippen LogP contribution in [0.4, 0.5) is 13.2 Å². The van der Waals surface area contributed by atoms with E-state index in [1.807, 2.05) is 0 Å². The van der Waals surface area contributed by atoms with Crippen LogP contribution in [0.2, 0.25) is 0 Å². The summed E-state index contributed by atoms with van der Waals surface area (Å²) in [6, 6.07) is 0. The van der Waals surface area contributed by atoms with E-state index in [4.69, 9.17) is 5.11 Å². The fraction of sp³-hybridized carbons (Fsp3) is 0.750. The smallest absolute Gasteiger partial charge is 0.416 e. The predicted molar refractivity (Wildman–Crippen MR) is 33.5 cm³/mol. The quantitative estimate of drug-likeness (QED) is 0.647. The number of carboxylic acid groups (broad SMARTS) is 1. The van der Waals surface area contributed by atoms with E-state index in [0.717, 1.165) is 0 Å². The molecular weight excluding hydrogens is 186 g/mol. The number of hydrogen-bond acceptors (Lipinski definition) is 2. The third kappa shape index (κ3) is 2.55. The largest absolute Gasteiger partial charge is 0.480 e. The molecule has 7 heteroatoms. The summed E-state index contributed by atoms with van der Waals surface area (Å²) in [6.07, 6.45) is -4.90. The van der Waals surface area contributed by atoms with Crippen molar-refractivity contribution in [2.45, 2.75) is 18.6 Å². The standard InChI is InChI=1S/C4H6F3NO2.ClH/c1-3(8,2(9)10)4(5,6)7;/h8H2,1H3,(H,9,10);1H. The average Bonchev–Trinajstić information content (AvgIpc) is 1.62. The van der Waals surface area contributed by atoms with E-state index in [-0.39, 0.29) is 12.4 Å². The lowest BCUT2D eigenvalue weighted by atomic mass is 10.1. The summed E-state index contributed by atoms with van der Waals surface area (Å²) in [6.45, 7) is 0.398. The number of halogens is 4. The molecule has 0 aromatic heterocycles. The molecule has 0 spiro atoms. The molecule has 0 aliphatic rings. The molecule has 0 heterocycles. The van der Waals surface area contributed by atoms with Gasteiger partial charge in [-0.2, -0.15) is 13.2 Å². The fourth-order valence-electron chi connectivity index (χ4n) is 0.121. The van der Waals surface area contributed by atoms with Crippen LogP contribution in [0.1, 0.15) is 6.92 Å². The second kappa shape index (κ2) is 3.27. The summed E-state index contributed by atoms with van der Waals surface area (Å²) in [5.74, 6) is -2.08. The number of hydrogen-bond donors (Lipinski definition) is 2. The maximum Gasteiger partial charge on any atom is 0.416 e. The number of alkyl halides is 3. The van der Waals surface area contributed by atoms with Crippen molar-refractivity contribution < 1.29 is 23.1 Å². The van der Waals surface area contributed by atoms with Crippen molar-refractivity contribution in [1.82, 2.24) is 0 Å². The van der Waals surface area contributed by atoms with Gasteiger partial charge in [-0.25, -0.2) is 4.79 Å². The molecule has 0 fully saturated rings. The molecule has 1 atom stereocenters. The number of carbonyl (C=O) groups is 1. The fourth-order valence-corrected chi connectivity index (χ4v) is 0.121. The maximum atomic E-state index is 11.6. The summed E-state index contributed by atoms with van der Waals surface area (Å²) in [4.78, 5) is 9.82. The topological polar surface area (TPSA) is 63.3 Å². The van der Waals surface area contributed by atoms with Gasteiger partial charge in [-0.15, -0.1) is 12.4 Å². The highest BCUT2D eigenvalue weighted by Crippen LogP contribution is 2.27. The third-order valence-electron chi connectivity index (χ3n) is 1.03. The van der Waals surface area contributed by atoms with Gasteiger partial charge in [0.15, 0.2) is 0 Å². The minimum absolute atomic E-state index is 0. The minimum Gasteiger partial charge on any atom is -0.480 e. The predicted octanol–water partition coefficient (Wildman–Crippen LogP) is 0.773. The zero-order valence-corrected chi connectivity index (χ0v) is 6.29. The van der Waals surface area contributed by atoms with Crippen LogP contribution < -0.4 is 5.73 Å². The lowest BCUT2D eigenvalue weighted by molar-refractivity contribution is -0.197. The molecule has 0 aliphatic carbocycles. The molecule has 1 unspecified atom stereocenters. The van der Waals surface area contributed by atoms with Crippen LogP contribution in [0.25, 0.3) is 0 Å². The first kappa shape index (κ1) is 13.1. The molecular formula is C4H7ClF3NO2. The summed E-state index contributed by atoms with van der Waals surface area (Å²) in [5, 5.41) is 7.93. The Bertz CT molecular complexity index is 156. The van der Waals surface area contributed by atoms with Crippen LogP contribution in [0.15, 0.2) is 0 Å². The van der Waals surface area contributed by atoms with Crippen molar-refractivity contribution in [3.05, 3.63) is 0 Å². The van der Waals surface area contributed by atoms with Gasteiger partial charge in [-0.1, -0.05) is 0 Å². The molecule has 0 rings (SSSR count). The second-order valence-corrected chi connectivity index (χ2v) is 2.01. The van der Waals surface area contributed by atoms with Crippen LogP contribution in [-0.4, -0.2) is 22.8 Å². The highest BCUT2D eigenvalue weighted by Gasteiger charge is 2.54. The lowest BCUT2D eigenvalue weighted by Crippen LogP contribution is -2.57. The third-order valence-corrected chi connectivity index (χ3v) is 1.03. The number of nitrogens with two attached hydrogens (primary N) is 1. The van der Waals surface area contributed by atoms with Crippen molar-refractivity contribution in [3.63, 3.8) is 0 Å². The van der Waals surface area contributed by atoms with E-state index in [9.17, 15) is 18.0 Å². The Hall–Kier alpha value is -0.490. The van der Waals surface area contributed by atoms with E-state index < -0.39 is 17.7 Å². The van der Waals surface area contributed by atoms with E-state index >= 15 is 0 Å². The molecule has 0 aliphatic heterocycles. The molecule has 0 radical (unpaired) electrons. The highest BCUT2D eigenvalue weighted by molar-refractivity contribution is 5.85. The molecule has 11 heavy (non-hydrogen) atoms. The SMILES string of the molecule is CC(N)(C(=O)O)C(F)(F)F.Cl. The maximum absolute atomic E-state index is 11.6. The molecule has 3 N–H and O–H groups in total. The summed E-state index contributed by atoms with van der Waals surface area (Å²) in [7, 11) is 0. The Morgan fingerprint density at radius 3 is 1.73 bits per heavy atom. The van der Waals surface area contributed by atoms with Crippen molar-refractivity contribution >= 4 is 18.4 Å². The van der Waals surface area contributed by atoms with Gasteiger partial charge in [0.25, 0.3) is 0 Å². The molecule has 0 aromatic carbocycles. The normalized spacial score (nSPS) is 16.5. The van der Waals surface area contributed by atoms with E-state index in [2.05, 4.69) is 5.73 Å². The molecule has 0 bridgehead atoms. The molecule has 0 aromatic rings. The molecule has 0 amide bonds.